The highest BCUT2D eigenvalue weighted by molar-refractivity contribution is 5.76. The van der Waals surface area contributed by atoms with Crippen molar-refractivity contribution < 1.29 is 9.53 Å². The van der Waals surface area contributed by atoms with Gasteiger partial charge in [0.1, 0.15) is 0 Å². The van der Waals surface area contributed by atoms with Gasteiger partial charge in [0, 0.05) is 0 Å². The smallest absolute Gasteiger partial charge is 0.311 e. The molecule has 31 heavy (non-hydrogen) atoms. The van der Waals surface area contributed by atoms with Gasteiger partial charge in [-0.05, 0) is 26.2 Å². The van der Waals surface area contributed by atoms with Gasteiger partial charge in [0.25, 0.3) is 0 Å². The lowest BCUT2D eigenvalue weighted by atomic mass is 9.80. The first-order valence-corrected chi connectivity index (χ1v) is 14.3. The molecule has 1 atom stereocenters. The lowest BCUT2D eigenvalue weighted by Crippen LogP contribution is -2.30. The fourth-order valence-electron chi connectivity index (χ4n) is 4.47. The molecule has 0 aromatic rings. The number of hydrogen-bond donors (Lipinski definition) is 0. The molecule has 0 amide bonds. The van der Waals surface area contributed by atoms with Gasteiger partial charge in [0.2, 0.25) is 0 Å². The Balaban J connectivity index is 3.93. The Morgan fingerprint density at radius 1 is 0.516 bits per heavy atom. The number of rotatable bonds is 24. The third kappa shape index (κ3) is 18.7. The van der Waals surface area contributed by atoms with Crippen molar-refractivity contribution in [3.8, 4) is 0 Å². The van der Waals surface area contributed by atoms with Gasteiger partial charge >= 0.3 is 5.97 Å². The van der Waals surface area contributed by atoms with Gasteiger partial charge in [0.05, 0.1) is 12.0 Å². The highest BCUT2D eigenvalue weighted by Gasteiger charge is 2.33. The monoisotopic (exact) mass is 438 g/mol. The maximum atomic E-state index is 12.8. The Kier molecular flexibility index (Phi) is 22.3. The van der Waals surface area contributed by atoms with E-state index in [9.17, 15) is 4.79 Å². The number of hydrogen-bond acceptors (Lipinski definition) is 2. The molecule has 0 rings (SSSR count). The Labute approximate surface area is 196 Å². The van der Waals surface area contributed by atoms with Gasteiger partial charge in [-0.2, -0.15) is 0 Å². The standard InChI is InChI=1S/C29H58O2/c1-5-8-11-13-15-17-18-19-21-23-26-29(4,25-10-7-3)28(30)31-27-24-22-20-16-14-12-9-6-2/h5-27H2,1-4H3. The molecule has 0 aliphatic carbocycles. The molecule has 0 heterocycles. The predicted octanol–water partition coefficient (Wildman–Crippen LogP) is 10.2. The lowest BCUT2D eigenvalue weighted by molar-refractivity contribution is -0.156. The average molecular weight is 439 g/mol. The van der Waals surface area contributed by atoms with Crippen molar-refractivity contribution in [2.75, 3.05) is 6.61 Å². The number of ether oxygens (including phenoxy) is 1. The van der Waals surface area contributed by atoms with Crippen LogP contribution in [0.4, 0.5) is 0 Å². The van der Waals surface area contributed by atoms with Crippen LogP contribution >= 0.6 is 0 Å². The third-order valence-electron chi connectivity index (χ3n) is 6.89. The molecule has 0 aliphatic heterocycles. The number of unbranched alkanes of at least 4 members (excludes halogenated alkanes) is 17. The van der Waals surface area contributed by atoms with Crippen molar-refractivity contribution in [3.05, 3.63) is 0 Å². The largest absolute Gasteiger partial charge is 0.465 e. The van der Waals surface area contributed by atoms with Gasteiger partial charge in [0.15, 0.2) is 0 Å². The van der Waals surface area contributed by atoms with Crippen molar-refractivity contribution in [3.63, 3.8) is 0 Å². The van der Waals surface area contributed by atoms with Crippen molar-refractivity contribution in [1.82, 2.24) is 0 Å². The summed E-state index contributed by atoms with van der Waals surface area (Å²) in [6, 6.07) is 0. The van der Waals surface area contributed by atoms with Gasteiger partial charge < -0.3 is 4.74 Å². The molecule has 0 aromatic carbocycles. The molecule has 0 radical (unpaired) electrons. The van der Waals surface area contributed by atoms with Crippen molar-refractivity contribution in [2.24, 2.45) is 5.41 Å². The molecule has 0 N–H and O–H groups in total. The summed E-state index contributed by atoms with van der Waals surface area (Å²) in [7, 11) is 0. The van der Waals surface area contributed by atoms with E-state index in [4.69, 9.17) is 4.74 Å². The fraction of sp³-hybridized carbons (Fsp3) is 0.966. The van der Waals surface area contributed by atoms with E-state index in [2.05, 4.69) is 27.7 Å². The molecule has 186 valence electrons. The van der Waals surface area contributed by atoms with Gasteiger partial charge in [-0.3, -0.25) is 4.79 Å². The van der Waals surface area contributed by atoms with E-state index in [0.717, 1.165) is 32.1 Å². The molecule has 0 aromatic heterocycles. The summed E-state index contributed by atoms with van der Waals surface area (Å²) in [6.45, 7) is 9.53. The van der Waals surface area contributed by atoms with Crippen LogP contribution in [0.25, 0.3) is 0 Å². The van der Waals surface area contributed by atoms with E-state index in [1.807, 2.05) is 0 Å². The van der Waals surface area contributed by atoms with Crippen LogP contribution in [0, 0.1) is 5.41 Å². The van der Waals surface area contributed by atoms with E-state index in [-0.39, 0.29) is 11.4 Å². The minimum atomic E-state index is -0.268. The van der Waals surface area contributed by atoms with E-state index in [1.54, 1.807) is 0 Å². The number of esters is 1. The summed E-state index contributed by atoms with van der Waals surface area (Å²) < 4.78 is 5.75. The van der Waals surface area contributed by atoms with Crippen LogP contribution in [0.3, 0.4) is 0 Å². The van der Waals surface area contributed by atoms with Crippen LogP contribution < -0.4 is 0 Å². The summed E-state index contributed by atoms with van der Waals surface area (Å²) in [5.41, 5.74) is -0.268. The van der Waals surface area contributed by atoms with Crippen LogP contribution in [0.5, 0.6) is 0 Å². The van der Waals surface area contributed by atoms with E-state index >= 15 is 0 Å². The second-order valence-electron chi connectivity index (χ2n) is 10.2. The Hall–Kier alpha value is -0.530. The first-order chi connectivity index (χ1) is 15.1. The lowest BCUT2D eigenvalue weighted by Gasteiger charge is -2.27. The fourth-order valence-corrected chi connectivity index (χ4v) is 4.47. The van der Waals surface area contributed by atoms with Crippen LogP contribution in [0.1, 0.15) is 169 Å². The summed E-state index contributed by atoms with van der Waals surface area (Å²) in [5.74, 6) is 0.0693. The summed E-state index contributed by atoms with van der Waals surface area (Å²) in [6.07, 6.45) is 28.0. The first kappa shape index (κ1) is 30.5. The maximum Gasteiger partial charge on any atom is 0.311 e. The molecular weight excluding hydrogens is 380 g/mol. The predicted molar refractivity (Wildman–Crippen MR) is 138 cm³/mol. The minimum absolute atomic E-state index is 0.0693. The summed E-state index contributed by atoms with van der Waals surface area (Å²) >= 11 is 0. The van der Waals surface area contributed by atoms with Gasteiger partial charge in [-0.1, -0.05) is 143 Å². The second kappa shape index (κ2) is 22.7. The molecule has 0 saturated heterocycles. The first-order valence-electron chi connectivity index (χ1n) is 14.3. The summed E-state index contributed by atoms with van der Waals surface area (Å²) in [5, 5.41) is 0. The van der Waals surface area contributed by atoms with E-state index in [1.165, 1.54) is 109 Å². The van der Waals surface area contributed by atoms with Gasteiger partial charge in [-0.25, -0.2) is 0 Å². The Bertz CT molecular complexity index is 379. The van der Waals surface area contributed by atoms with Crippen molar-refractivity contribution in [1.29, 1.82) is 0 Å². The summed E-state index contributed by atoms with van der Waals surface area (Å²) in [4.78, 5) is 12.8. The Morgan fingerprint density at radius 3 is 1.32 bits per heavy atom. The molecular formula is C29H58O2. The van der Waals surface area contributed by atoms with Crippen LogP contribution in [0.15, 0.2) is 0 Å². The van der Waals surface area contributed by atoms with Gasteiger partial charge in [-0.15, -0.1) is 0 Å². The molecule has 0 aliphatic rings. The average Bonchev–Trinajstić information content (AvgIpc) is 2.77. The molecule has 0 spiro atoms. The van der Waals surface area contributed by atoms with Crippen LogP contribution in [-0.2, 0) is 9.53 Å². The van der Waals surface area contributed by atoms with E-state index in [0.29, 0.717) is 6.61 Å². The normalized spacial score (nSPS) is 13.3. The molecule has 0 bridgehead atoms. The molecule has 1 unspecified atom stereocenters. The minimum Gasteiger partial charge on any atom is -0.465 e. The zero-order chi connectivity index (χ0) is 23.0. The quantitative estimate of drug-likeness (QED) is 0.111. The topological polar surface area (TPSA) is 26.3 Å². The van der Waals surface area contributed by atoms with Crippen LogP contribution in [-0.4, -0.2) is 12.6 Å². The van der Waals surface area contributed by atoms with E-state index < -0.39 is 0 Å². The molecule has 0 saturated carbocycles. The zero-order valence-electron chi connectivity index (χ0n) is 22.1. The molecule has 2 nitrogen and oxygen atoms in total. The van der Waals surface area contributed by atoms with Crippen molar-refractivity contribution >= 4 is 5.97 Å². The Morgan fingerprint density at radius 2 is 0.871 bits per heavy atom. The van der Waals surface area contributed by atoms with Crippen molar-refractivity contribution in [2.45, 2.75) is 169 Å². The number of carbonyl (C=O) groups is 1. The second-order valence-corrected chi connectivity index (χ2v) is 10.2. The SMILES string of the molecule is CCCCCCCCCCCCC(C)(CCCC)C(=O)OCCCCCCCCCC. The maximum absolute atomic E-state index is 12.8. The molecule has 0 fully saturated rings. The number of carbonyl (C=O) groups excluding carboxylic acids is 1. The highest BCUT2D eigenvalue weighted by Crippen LogP contribution is 2.32. The third-order valence-corrected chi connectivity index (χ3v) is 6.89. The highest BCUT2D eigenvalue weighted by atomic mass is 16.5. The zero-order valence-corrected chi connectivity index (χ0v) is 22.1. The van der Waals surface area contributed by atoms with Crippen LogP contribution in [0.2, 0.25) is 0 Å². The molecule has 2 heteroatoms.